The molecule has 26 heavy (non-hydrogen) atoms. The number of aromatic nitrogens is 2. The predicted molar refractivity (Wildman–Crippen MR) is 102 cm³/mol. The fourth-order valence-electron chi connectivity index (χ4n) is 2.25. The molecule has 0 atom stereocenters. The number of hydrogen-bond donors (Lipinski definition) is 0. The molecule has 5 nitrogen and oxygen atoms in total. The van der Waals surface area contributed by atoms with E-state index < -0.39 is 5.56 Å². The molecule has 0 N–H and O–H groups in total. The van der Waals surface area contributed by atoms with E-state index in [1.807, 2.05) is 0 Å². The molecule has 0 saturated heterocycles. The highest BCUT2D eigenvalue weighted by molar-refractivity contribution is 6.36. The van der Waals surface area contributed by atoms with E-state index in [4.69, 9.17) is 44.3 Å². The van der Waals surface area contributed by atoms with E-state index in [9.17, 15) is 4.79 Å². The maximum Gasteiger partial charge on any atom is 0.311 e. The second-order valence-electron chi connectivity index (χ2n) is 5.26. The minimum absolute atomic E-state index is 0.0324. The third-order valence-electron chi connectivity index (χ3n) is 3.60. The van der Waals surface area contributed by atoms with Gasteiger partial charge in [-0.15, -0.1) is 0 Å². The normalized spacial score (nSPS) is 10.6. The first-order valence-corrected chi connectivity index (χ1v) is 8.63. The van der Waals surface area contributed by atoms with Crippen LogP contribution >= 0.6 is 34.8 Å². The molecule has 3 aromatic rings. The first-order valence-electron chi connectivity index (χ1n) is 7.50. The Bertz CT molecular complexity index is 968. The molecule has 3 rings (SSSR count). The van der Waals surface area contributed by atoms with Crippen LogP contribution in [0.1, 0.15) is 5.56 Å². The molecule has 0 amide bonds. The summed E-state index contributed by atoms with van der Waals surface area (Å²) in [6.07, 6.45) is 1.34. The van der Waals surface area contributed by atoms with Gasteiger partial charge in [-0.1, -0.05) is 40.9 Å². The van der Waals surface area contributed by atoms with E-state index in [1.165, 1.54) is 10.9 Å². The molecule has 1 heterocycles. The fourth-order valence-corrected chi connectivity index (χ4v) is 2.93. The third-order valence-corrected chi connectivity index (χ3v) is 4.58. The van der Waals surface area contributed by atoms with Gasteiger partial charge in [-0.3, -0.25) is 4.79 Å². The molecule has 0 radical (unpaired) electrons. The Morgan fingerprint density at radius 3 is 2.19 bits per heavy atom. The number of nitrogens with zero attached hydrogens (tertiary/aromatic N) is 2. The van der Waals surface area contributed by atoms with Crippen molar-refractivity contribution in [3.8, 4) is 17.2 Å². The van der Waals surface area contributed by atoms with Crippen LogP contribution in [-0.2, 0) is 6.54 Å². The lowest BCUT2D eigenvalue weighted by atomic mass is 10.2. The highest BCUT2D eigenvalue weighted by atomic mass is 35.5. The number of benzene rings is 2. The molecule has 0 aliphatic heterocycles. The van der Waals surface area contributed by atoms with Crippen LogP contribution in [0.4, 0.5) is 0 Å². The Labute approximate surface area is 164 Å². The second-order valence-corrected chi connectivity index (χ2v) is 6.48. The van der Waals surface area contributed by atoms with Crippen LogP contribution in [0.2, 0.25) is 15.1 Å². The zero-order chi connectivity index (χ0) is 18.7. The van der Waals surface area contributed by atoms with Gasteiger partial charge in [-0.25, -0.2) is 4.68 Å². The van der Waals surface area contributed by atoms with Crippen molar-refractivity contribution in [1.29, 1.82) is 0 Å². The molecule has 0 bridgehead atoms. The van der Waals surface area contributed by atoms with Gasteiger partial charge >= 0.3 is 5.56 Å². The smallest absolute Gasteiger partial charge is 0.311 e. The number of halogens is 3. The van der Waals surface area contributed by atoms with E-state index in [-0.39, 0.29) is 17.3 Å². The van der Waals surface area contributed by atoms with Crippen molar-refractivity contribution < 1.29 is 9.47 Å². The largest absolute Gasteiger partial charge is 0.497 e. The maximum atomic E-state index is 12.7. The van der Waals surface area contributed by atoms with E-state index in [0.717, 1.165) is 0 Å². The Hall–Kier alpha value is -2.21. The minimum Gasteiger partial charge on any atom is -0.497 e. The van der Waals surface area contributed by atoms with E-state index in [1.54, 1.807) is 49.6 Å². The summed E-state index contributed by atoms with van der Waals surface area (Å²) in [5, 5.41) is 5.03. The van der Waals surface area contributed by atoms with Gasteiger partial charge in [-0.2, -0.15) is 5.10 Å². The lowest BCUT2D eigenvalue weighted by molar-refractivity contribution is 0.412. The monoisotopic (exact) mass is 410 g/mol. The summed E-state index contributed by atoms with van der Waals surface area (Å²) in [5.41, 5.74) is 0.0902. The Balaban J connectivity index is 1.94. The SMILES string of the molecule is COc1ccc(Oc2c(Cl)cnn(Cc3c(Cl)cccc3Cl)c2=O)cc1. The van der Waals surface area contributed by atoms with Crippen molar-refractivity contribution in [2.45, 2.75) is 6.54 Å². The molecule has 0 fully saturated rings. The molecule has 2 aromatic carbocycles. The third kappa shape index (κ3) is 3.96. The predicted octanol–water partition coefficient (Wildman–Crippen LogP) is 5.05. The fraction of sp³-hybridized carbons (Fsp3) is 0.111. The molecular weight excluding hydrogens is 399 g/mol. The lowest BCUT2D eigenvalue weighted by Crippen LogP contribution is -2.24. The zero-order valence-corrected chi connectivity index (χ0v) is 15.8. The Morgan fingerprint density at radius 1 is 0.962 bits per heavy atom. The Morgan fingerprint density at radius 2 is 1.58 bits per heavy atom. The van der Waals surface area contributed by atoms with Crippen molar-refractivity contribution in [1.82, 2.24) is 9.78 Å². The number of hydrogen-bond acceptors (Lipinski definition) is 4. The van der Waals surface area contributed by atoms with Gasteiger partial charge in [0.2, 0.25) is 5.75 Å². The van der Waals surface area contributed by atoms with Crippen molar-refractivity contribution in [3.63, 3.8) is 0 Å². The van der Waals surface area contributed by atoms with Gasteiger partial charge in [-0.05, 0) is 36.4 Å². The molecule has 134 valence electrons. The van der Waals surface area contributed by atoms with Gasteiger partial charge < -0.3 is 9.47 Å². The van der Waals surface area contributed by atoms with Crippen LogP contribution in [0.5, 0.6) is 17.2 Å². The van der Waals surface area contributed by atoms with Crippen LogP contribution in [0.3, 0.4) is 0 Å². The van der Waals surface area contributed by atoms with Crippen molar-refractivity contribution >= 4 is 34.8 Å². The molecule has 0 spiro atoms. The molecule has 0 unspecified atom stereocenters. The molecular formula is C18H13Cl3N2O3. The van der Waals surface area contributed by atoms with Crippen LogP contribution < -0.4 is 15.0 Å². The summed E-state index contributed by atoms with van der Waals surface area (Å²) in [6, 6.07) is 11.9. The second kappa shape index (κ2) is 7.99. The Kier molecular flexibility index (Phi) is 5.71. The zero-order valence-electron chi connectivity index (χ0n) is 13.6. The van der Waals surface area contributed by atoms with Gasteiger partial charge in [0.1, 0.15) is 16.5 Å². The lowest BCUT2D eigenvalue weighted by Gasteiger charge is -2.12. The highest BCUT2D eigenvalue weighted by Gasteiger charge is 2.15. The average Bonchev–Trinajstić information content (AvgIpc) is 2.64. The number of ether oxygens (including phenoxy) is 2. The number of rotatable bonds is 5. The quantitative estimate of drug-likeness (QED) is 0.589. The molecule has 1 aromatic heterocycles. The highest BCUT2D eigenvalue weighted by Crippen LogP contribution is 2.28. The topological polar surface area (TPSA) is 53.4 Å². The summed E-state index contributed by atoms with van der Waals surface area (Å²) >= 11 is 18.4. The summed E-state index contributed by atoms with van der Waals surface area (Å²) in [7, 11) is 1.56. The van der Waals surface area contributed by atoms with Crippen LogP contribution in [0.15, 0.2) is 53.5 Å². The first-order chi connectivity index (χ1) is 12.5. The van der Waals surface area contributed by atoms with Crippen molar-refractivity contribution in [2.75, 3.05) is 7.11 Å². The standard InChI is InChI=1S/C18H13Cl3N2O3/c1-25-11-5-7-12(8-6-11)26-17-16(21)9-22-23(18(17)24)10-13-14(19)3-2-4-15(13)20/h2-9H,10H2,1H3. The molecule has 0 aliphatic rings. The van der Waals surface area contributed by atoms with E-state index in [2.05, 4.69) is 5.10 Å². The van der Waals surface area contributed by atoms with Gasteiger partial charge in [0.15, 0.2) is 0 Å². The minimum atomic E-state index is -0.496. The van der Waals surface area contributed by atoms with Crippen LogP contribution in [-0.4, -0.2) is 16.9 Å². The summed E-state index contributed by atoms with van der Waals surface area (Å²) < 4.78 is 11.9. The first kappa shape index (κ1) is 18.6. The molecule has 8 heteroatoms. The van der Waals surface area contributed by atoms with Crippen molar-refractivity contribution in [3.05, 3.63) is 79.6 Å². The molecule has 0 saturated carbocycles. The van der Waals surface area contributed by atoms with Gasteiger partial charge in [0, 0.05) is 15.6 Å². The van der Waals surface area contributed by atoms with Crippen LogP contribution in [0.25, 0.3) is 0 Å². The average molecular weight is 412 g/mol. The van der Waals surface area contributed by atoms with Crippen molar-refractivity contribution in [2.24, 2.45) is 0 Å². The van der Waals surface area contributed by atoms with Gasteiger partial charge in [0.25, 0.3) is 0 Å². The number of methoxy groups -OCH3 is 1. The van der Waals surface area contributed by atoms with E-state index in [0.29, 0.717) is 27.1 Å². The summed E-state index contributed by atoms with van der Waals surface area (Å²) in [4.78, 5) is 12.7. The molecule has 0 aliphatic carbocycles. The van der Waals surface area contributed by atoms with Gasteiger partial charge in [0.05, 0.1) is 19.9 Å². The summed E-state index contributed by atoms with van der Waals surface area (Å²) in [6.45, 7) is 0.0908. The van der Waals surface area contributed by atoms with E-state index >= 15 is 0 Å². The maximum absolute atomic E-state index is 12.7. The summed E-state index contributed by atoms with van der Waals surface area (Å²) in [5.74, 6) is 1.08. The van der Waals surface area contributed by atoms with Crippen LogP contribution in [0, 0.1) is 0 Å².